The molecule has 0 fully saturated rings. The molecule has 2 rings (SSSR count). The normalized spacial score (nSPS) is 11.2. The number of hydrogen-bond acceptors (Lipinski definition) is 4. The second kappa shape index (κ2) is 5.55. The molecule has 0 radical (unpaired) electrons. The Kier molecular flexibility index (Phi) is 3.97. The molecule has 0 aromatic carbocycles. The van der Waals surface area contributed by atoms with E-state index in [-0.39, 0.29) is 12.0 Å². The van der Waals surface area contributed by atoms with Gasteiger partial charge in [0.15, 0.2) is 11.2 Å². The Labute approximate surface area is 120 Å². The fraction of sp³-hybridized carbons (Fsp3) is 0.538. The van der Waals surface area contributed by atoms with E-state index < -0.39 is 11.7 Å². The molecule has 21 heavy (non-hydrogen) atoms. The fourth-order valence-corrected chi connectivity index (χ4v) is 2.38. The van der Waals surface area contributed by atoms with Crippen LogP contribution in [0.5, 0.6) is 0 Å². The molecule has 1 N–H and O–H groups in total. The van der Waals surface area contributed by atoms with Crippen molar-refractivity contribution in [3.63, 3.8) is 0 Å². The molecule has 0 unspecified atom stereocenters. The number of carboxylic acid groups (broad SMARTS) is 1. The first kappa shape index (κ1) is 15.0. The Morgan fingerprint density at radius 2 is 1.90 bits per heavy atom. The number of imidazole rings is 1. The van der Waals surface area contributed by atoms with Gasteiger partial charge in [0.1, 0.15) is 5.82 Å². The lowest BCUT2D eigenvalue weighted by Gasteiger charge is -2.06. The molecule has 0 saturated heterocycles. The van der Waals surface area contributed by atoms with Gasteiger partial charge in [0.25, 0.3) is 5.56 Å². The van der Waals surface area contributed by atoms with Gasteiger partial charge in [0.2, 0.25) is 0 Å². The highest BCUT2D eigenvalue weighted by molar-refractivity contribution is 5.71. The highest BCUT2D eigenvalue weighted by Crippen LogP contribution is 2.12. The molecule has 2 aromatic rings. The molecule has 2 heterocycles. The number of nitrogens with zero attached hydrogens (tertiary/aromatic N) is 4. The molecule has 0 spiro atoms. The number of aryl methyl sites for hydroxylation is 3. The van der Waals surface area contributed by atoms with Crippen molar-refractivity contribution in [2.45, 2.75) is 32.7 Å². The first-order valence-corrected chi connectivity index (χ1v) is 6.75. The van der Waals surface area contributed by atoms with E-state index in [1.807, 2.05) is 6.92 Å². The van der Waals surface area contributed by atoms with Crippen LogP contribution in [-0.2, 0) is 31.9 Å². The Balaban J connectivity index is 2.60. The van der Waals surface area contributed by atoms with E-state index in [1.165, 1.54) is 11.6 Å². The maximum absolute atomic E-state index is 12.2. The third-order valence-corrected chi connectivity index (χ3v) is 3.56. The van der Waals surface area contributed by atoms with Gasteiger partial charge < -0.3 is 9.67 Å². The number of fused-ring (bicyclic) bond motifs is 1. The average molecular weight is 294 g/mol. The lowest BCUT2D eigenvalue weighted by atomic mass is 10.2. The summed E-state index contributed by atoms with van der Waals surface area (Å²) in [5.74, 6) is -0.258. The summed E-state index contributed by atoms with van der Waals surface area (Å²) in [6, 6.07) is 0. The van der Waals surface area contributed by atoms with E-state index in [1.54, 1.807) is 11.6 Å². The zero-order chi connectivity index (χ0) is 15.7. The molecule has 8 nitrogen and oxygen atoms in total. The van der Waals surface area contributed by atoms with Crippen LogP contribution >= 0.6 is 0 Å². The number of aliphatic carboxylic acids is 1. The minimum Gasteiger partial charge on any atom is -0.481 e. The van der Waals surface area contributed by atoms with Gasteiger partial charge in [0.05, 0.1) is 0 Å². The van der Waals surface area contributed by atoms with Crippen LogP contribution in [0.15, 0.2) is 9.59 Å². The molecule has 8 heteroatoms. The van der Waals surface area contributed by atoms with Crippen LogP contribution in [0.25, 0.3) is 11.2 Å². The minimum atomic E-state index is -0.866. The van der Waals surface area contributed by atoms with Crippen molar-refractivity contribution < 1.29 is 9.90 Å². The number of carbonyl (C=O) groups is 1. The summed E-state index contributed by atoms with van der Waals surface area (Å²) in [6.07, 6.45) is 0.920. The predicted molar refractivity (Wildman–Crippen MR) is 76.5 cm³/mol. The third-order valence-electron chi connectivity index (χ3n) is 3.56. The number of rotatable bonds is 5. The average Bonchev–Trinajstić information content (AvgIpc) is 2.74. The topological polar surface area (TPSA) is 99.1 Å². The monoisotopic (exact) mass is 294 g/mol. The van der Waals surface area contributed by atoms with E-state index in [9.17, 15) is 14.4 Å². The van der Waals surface area contributed by atoms with Gasteiger partial charge in [-0.1, -0.05) is 0 Å². The van der Waals surface area contributed by atoms with Crippen molar-refractivity contribution in [1.82, 2.24) is 18.7 Å². The van der Waals surface area contributed by atoms with Crippen molar-refractivity contribution in [2.75, 3.05) is 0 Å². The largest absolute Gasteiger partial charge is 0.481 e. The first-order valence-electron chi connectivity index (χ1n) is 6.75. The zero-order valence-corrected chi connectivity index (χ0v) is 12.3. The van der Waals surface area contributed by atoms with Crippen molar-refractivity contribution in [2.24, 2.45) is 14.1 Å². The molecule has 0 aliphatic rings. The van der Waals surface area contributed by atoms with Gasteiger partial charge in [-0.15, -0.1) is 0 Å². The maximum atomic E-state index is 12.2. The van der Waals surface area contributed by atoms with Gasteiger partial charge in [-0.05, 0) is 13.3 Å². The molecule has 0 atom stereocenters. The summed E-state index contributed by atoms with van der Waals surface area (Å²) in [5.41, 5.74) is -0.0629. The quantitative estimate of drug-likeness (QED) is 0.827. The van der Waals surface area contributed by atoms with Crippen molar-refractivity contribution in [3.05, 3.63) is 26.7 Å². The lowest BCUT2D eigenvalue weighted by Crippen LogP contribution is -2.38. The van der Waals surface area contributed by atoms with Gasteiger partial charge in [-0.3, -0.25) is 18.7 Å². The molecule has 0 aliphatic heterocycles. The molecule has 0 saturated carbocycles. The van der Waals surface area contributed by atoms with E-state index in [2.05, 4.69) is 4.98 Å². The Hall–Kier alpha value is -2.38. The summed E-state index contributed by atoms with van der Waals surface area (Å²) in [7, 11) is 3.14. The minimum absolute atomic E-state index is 0.0435. The van der Waals surface area contributed by atoms with Crippen molar-refractivity contribution in [1.29, 1.82) is 0 Å². The van der Waals surface area contributed by atoms with E-state index in [0.29, 0.717) is 36.4 Å². The smallest absolute Gasteiger partial charge is 0.332 e. The van der Waals surface area contributed by atoms with Gasteiger partial charge >= 0.3 is 11.7 Å². The van der Waals surface area contributed by atoms with Crippen LogP contribution in [-0.4, -0.2) is 29.8 Å². The first-order chi connectivity index (χ1) is 9.88. The summed E-state index contributed by atoms with van der Waals surface area (Å²) < 4.78 is 4.15. The maximum Gasteiger partial charge on any atom is 0.332 e. The van der Waals surface area contributed by atoms with Crippen LogP contribution < -0.4 is 11.2 Å². The van der Waals surface area contributed by atoms with Gasteiger partial charge in [-0.2, -0.15) is 0 Å². The second-order valence-electron chi connectivity index (χ2n) is 4.90. The van der Waals surface area contributed by atoms with Crippen molar-refractivity contribution >= 4 is 17.1 Å². The van der Waals surface area contributed by atoms with Crippen LogP contribution in [0.4, 0.5) is 0 Å². The van der Waals surface area contributed by atoms with E-state index in [0.717, 1.165) is 4.57 Å². The Morgan fingerprint density at radius 3 is 2.48 bits per heavy atom. The molecular weight excluding hydrogens is 276 g/mol. The van der Waals surface area contributed by atoms with Crippen LogP contribution in [0.1, 0.15) is 25.6 Å². The van der Waals surface area contributed by atoms with E-state index in [4.69, 9.17) is 5.11 Å². The van der Waals surface area contributed by atoms with Gasteiger partial charge in [-0.25, -0.2) is 9.78 Å². The number of hydrogen-bond donors (Lipinski definition) is 1. The number of aromatic nitrogens is 4. The zero-order valence-electron chi connectivity index (χ0n) is 12.3. The predicted octanol–water partition coefficient (Wildman–Crippen LogP) is -0.139. The second-order valence-corrected chi connectivity index (χ2v) is 4.90. The summed E-state index contributed by atoms with van der Waals surface area (Å²) in [4.78, 5) is 39.2. The molecule has 0 aliphatic carbocycles. The van der Waals surface area contributed by atoms with Crippen molar-refractivity contribution in [3.8, 4) is 0 Å². The molecular formula is C13H18N4O4. The summed E-state index contributed by atoms with van der Waals surface area (Å²) in [5, 5.41) is 8.67. The molecule has 0 amide bonds. The fourth-order valence-electron chi connectivity index (χ4n) is 2.38. The van der Waals surface area contributed by atoms with Gasteiger partial charge in [0, 0.05) is 33.5 Å². The third kappa shape index (κ3) is 2.48. The molecule has 2 aromatic heterocycles. The van der Waals surface area contributed by atoms with E-state index >= 15 is 0 Å². The lowest BCUT2D eigenvalue weighted by molar-refractivity contribution is -0.137. The molecule has 114 valence electrons. The SMILES string of the molecule is CCn1c(=O)n(C)c(=O)c2c1nc(CCCC(=O)O)n2C. The van der Waals surface area contributed by atoms with Crippen LogP contribution in [0.3, 0.4) is 0 Å². The van der Waals surface area contributed by atoms with Crippen LogP contribution in [0, 0.1) is 0 Å². The Morgan fingerprint density at radius 1 is 1.24 bits per heavy atom. The summed E-state index contributed by atoms with van der Waals surface area (Å²) >= 11 is 0. The standard InChI is InChI=1S/C13H18N4O4/c1-4-17-11-10(12(20)16(3)13(17)21)15(2)8(14-11)6-5-7-9(18)19/h4-7H2,1-3H3,(H,18,19). The Bertz CT molecular complexity index is 812. The highest BCUT2D eigenvalue weighted by atomic mass is 16.4. The number of carboxylic acids is 1. The molecule has 0 bridgehead atoms. The highest BCUT2D eigenvalue weighted by Gasteiger charge is 2.17. The van der Waals surface area contributed by atoms with Crippen LogP contribution in [0.2, 0.25) is 0 Å². The summed E-state index contributed by atoms with van der Waals surface area (Å²) in [6.45, 7) is 2.22.